The maximum absolute atomic E-state index is 12.9. The summed E-state index contributed by atoms with van der Waals surface area (Å²) in [5, 5.41) is 12.0. The third-order valence-electron chi connectivity index (χ3n) is 3.79. The molecule has 2 atom stereocenters. The maximum Gasteiger partial charge on any atom is 0.303 e. The number of hydrogen-bond acceptors (Lipinski definition) is 2. The van der Waals surface area contributed by atoms with Gasteiger partial charge in [0, 0.05) is 12.5 Å². The number of carbonyl (C=O) groups is 1. The van der Waals surface area contributed by atoms with E-state index in [-0.39, 0.29) is 12.2 Å². The van der Waals surface area contributed by atoms with Crippen LogP contribution in [0.25, 0.3) is 0 Å². The van der Waals surface area contributed by atoms with Gasteiger partial charge in [-0.05, 0) is 49.4 Å². The SMILES string of the molecule is O=C(O)CCCNC1CCCC1c1ccc(F)cc1. The van der Waals surface area contributed by atoms with Crippen LogP contribution in [0, 0.1) is 5.82 Å². The van der Waals surface area contributed by atoms with Gasteiger partial charge in [-0.1, -0.05) is 18.6 Å². The fourth-order valence-electron chi connectivity index (χ4n) is 2.84. The number of benzene rings is 1. The number of nitrogens with one attached hydrogen (secondary N) is 1. The monoisotopic (exact) mass is 265 g/mol. The molecule has 2 rings (SSSR count). The topological polar surface area (TPSA) is 49.3 Å². The van der Waals surface area contributed by atoms with Crippen LogP contribution < -0.4 is 5.32 Å². The summed E-state index contributed by atoms with van der Waals surface area (Å²) in [6.07, 6.45) is 4.25. The lowest BCUT2D eigenvalue weighted by Crippen LogP contribution is -2.32. The normalized spacial score (nSPS) is 22.6. The summed E-state index contributed by atoms with van der Waals surface area (Å²) in [5.74, 6) is -0.526. The Morgan fingerprint density at radius 2 is 2.05 bits per heavy atom. The molecule has 1 aromatic rings. The van der Waals surface area contributed by atoms with Crippen LogP contribution in [0.15, 0.2) is 24.3 Å². The van der Waals surface area contributed by atoms with E-state index in [0.717, 1.165) is 19.4 Å². The lowest BCUT2D eigenvalue weighted by molar-refractivity contribution is -0.137. The molecule has 0 aromatic heterocycles. The fourth-order valence-corrected chi connectivity index (χ4v) is 2.84. The highest BCUT2D eigenvalue weighted by Crippen LogP contribution is 2.34. The number of aliphatic carboxylic acids is 1. The van der Waals surface area contributed by atoms with Crippen molar-refractivity contribution in [2.45, 2.75) is 44.1 Å². The Morgan fingerprint density at radius 3 is 2.74 bits per heavy atom. The summed E-state index contributed by atoms with van der Waals surface area (Å²) < 4.78 is 12.9. The van der Waals surface area contributed by atoms with Crippen molar-refractivity contribution in [3.05, 3.63) is 35.6 Å². The number of rotatable bonds is 6. The number of hydrogen-bond donors (Lipinski definition) is 2. The first kappa shape index (κ1) is 14.0. The van der Waals surface area contributed by atoms with Crippen molar-refractivity contribution in [3.8, 4) is 0 Å². The van der Waals surface area contributed by atoms with E-state index in [0.29, 0.717) is 18.4 Å². The summed E-state index contributed by atoms with van der Waals surface area (Å²) in [6, 6.07) is 7.12. The van der Waals surface area contributed by atoms with Crippen molar-refractivity contribution in [1.29, 1.82) is 0 Å². The van der Waals surface area contributed by atoms with Gasteiger partial charge >= 0.3 is 5.97 Å². The molecule has 1 aromatic carbocycles. The van der Waals surface area contributed by atoms with E-state index in [2.05, 4.69) is 5.32 Å². The molecule has 104 valence electrons. The predicted octanol–water partition coefficient (Wildman–Crippen LogP) is 2.92. The van der Waals surface area contributed by atoms with Gasteiger partial charge in [-0.2, -0.15) is 0 Å². The molecule has 4 heteroatoms. The van der Waals surface area contributed by atoms with E-state index >= 15 is 0 Å². The molecule has 2 unspecified atom stereocenters. The third kappa shape index (κ3) is 4.03. The van der Waals surface area contributed by atoms with E-state index in [1.165, 1.54) is 24.1 Å². The minimum Gasteiger partial charge on any atom is -0.481 e. The Hall–Kier alpha value is -1.42. The van der Waals surface area contributed by atoms with Crippen LogP contribution in [-0.2, 0) is 4.79 Å². The Bertz CT molecular complexity index is 419. The highest BCUT2D eigenvalue weighted by molar-refractivity contribution is 5.66. The zero-order chi connectivity index (χ0) is 13.7. The summed E-state index contributed by atoms with van der Waals surface area (Å²) >= 11 is 0. The zero-order valence-electron chi connectivity index (χ0n) is 10.9. The zero-order valence-corrected chi connectivity index (χ0v) is 10.9. The molecule has 1 aliphatic rings. The lowest BCUT2D eigenvalue weighted by Gasteiger charge is -2.21. The Kier molecular flexibility index (Phi) is 4.91. The molecule has 1 saturated carbocycles. The van der Waals surface area contributed by atoms with Gasteiger partial charge in [0.05, 0.1) is 0 Å². The van der Waals surface area contributed by atoms with Crippen LogP contribution >= 0.6 is 0 Å². The van der Waals surface area contributed by atoms with E-state index in [4.69, 9.17) is 5.11 Å². The summed E-state index contributed by atoms with van der Waals surface area (Å²) in [5.41, 5.74) is 1.18. The predicted molar refractivity (Wildman–Crippen MR) is 71.7 cm³/mol. The van der Waals surface area contributed by atoms with Gasteiger partial charge < -0.3 is 10.4 Å². The Morgan fingerprint density at radius 1 is 1.32 bits per heavy atom. The highest BCUT2D eigenvalue weighted by atomic mass is 19.1. The maximum atomic E-state index is 12.9. The van der Waals surface area contributed by atoms with Gasteiger partial charge in [0.2, 0.25) is 0 Å². The molecule has 0 aliphatic heterocycles. The highest BCUT2D eigenvalue weighted by Gasteiger charge is 2.27. The van der Waals surface area contributed by atoms with Gasteiger partial charge in [-0.3, -0.25) is 4.79 Å². The van der Waals surface area contributed by atoms with E-state index in [1.807, 2.05) is 12.1 Å². The standard InChI is InChI=1S/C15H20FNO2/c16-12-8-6-11(7-9-12)13-3-1-4-14(13)17-10-2-5-15(18)19/h6-9,13-14,17H,1-5,10H2,(H,18,19). The average molecular weight is 265 g/mol. The van der Waals surface area contributed by atoms with Crippen LogP contribution in [0.1, 0.15) is 43.6 Å². The van der Waals surface area contributed by atoms with Crippen molar-refractivity contribution in [3.63, 3.8) is 0 Å². The lowest BCUT2D eigenvalue weighted by atomic mass is 9.94. The van der Waals surface area contributed by atoms with Crippen LogP contribution in [0.3, 0.4) is 0 Å². The average Bonchev–Trinajstić information content (AvgIpc) is 2.84. The minimum atomic E-state index is -0.747. The molecule has 2 N–H and O–H groups in total. The first-order valence-corrected chi connectivity index (χ1v) is 6.87. The molecule has 3 nitrogen and oxygen atoms in total. The quantitative estimate of drug-likeness (QED) is 0.777. The first-order chi connectivity index (χ1) is 9.16. The van der Waals surface area contributed by atoms with Crippen molar-refractivity contribution in [2.75, 3.05) is 6.54 Å². The van der Waals surface area contributed by atoms with Gasteiger partial charge in [-0.25, -0.2) is 4.39 Å². The Labute approximate surface area is 112 Å². The second kappa shape index (κ2) is 6.66. The molecule has 0 spiro atoms. The van der Waals surface area contributed by atoms with Crippen LogP contribution in [-0.4, -0.2) is 23.7 Å². The Balaban J connectivity index is 1.86. The van der Waals surface area contributed by atoms with E-state index < -0.39 is 5.97 Å². The molecule has 0 heterocycles. The van der Waals surface area contributed by atoms with Gasteiger partial charge in [0.1, 0.15) is 5.82 Å². The molecule has 1 fully saturated rings. The molecule has 0 amide bonds. The largest absolute Gasteiger partial charge is 0.481 e. The second-order valence-corrected chi connectivity index (χ2v) is 5.15. The third-order valence-corrected chi connectivity index (χ3v) is 3.79. The summed E-state index contributed by atoms with van der Waals surface area (Å²) in [4.78, 5) is 10.4. The van der Waals surface area contributed by atoms with Crippen LogP contribution in [0.2, 0.25) is 0 Å². The van der Waals surface area contributed by atoms with Crippen molar-refractivity contribution >= 4 is 5.97 Å². The van der Waals surface area contributed by atoms with Crippen LogP contribution in [0.5, 0.6) is 0 Å². The van der Waals surface area contributed by atoms with Gasteiger partial charge in [0.25, 0.3) is 0 Å². The van der Waals surface area contributed by atoms with Gasteiger partial charge in [-0.15, -0.1) is 0 Å². The first-order valence-electron chi connectivity index (χ1n) is 6.87. The molecule has 19 heavy (non-hydrogen) atoms. The summed E-state index contributed by atoms with van der Waals surface area (Å²) in [7, 11) is 0. The smallest absolute Gasteiger partial charge is 0.303 e. The number of halogens is 1. The fraction of sp³-hybridized carbons (Fsp3) is 0.533. The molecule has 0 saturated heterocycles. The molecule has 0 bridgehead atoms. The summed E-state index contributed by atoms with van der Waals surface area (Å²) in [6.45, 7) is 0.731. The number of carboxylic acids is 1. The van der Waals surface area contributed by atoms with Crippen LogP contribution in [0.4, 0.5) is 4.39 Å². The molecule has 1 aliphatic carbocycles. The number of carboxylic acid groups (broad SMARTS) is 1. The van der Waals surface area contributed by atoms with E-state index in [1.54, 1.807) is 0 Å². The van der Waals surface area contributed by atoms with Crippen molar-refractivity contribution in [1.82, 2.24) is 5.32 Å². The second-order valence-electron chi connectivity index (χ2n) is 5.15. The molecular weight excluding hydrogens is 245 g/mol. The van der Waals surface area contributed by atoms with E-state index in [9.17, 15) is 9.18 Å². The van der Waals surface area contributed by atoms with Gasteiger partial charge in [0.15, 0.2) is 0 Å². The molecule has 0 radical (unpaired) electrons. The van der Waals surface area contributed by atoms with Crippen molar-refractivity contribution in [2.24, 2.45) is 0 Å². The molecular formula is C15H20FNO2. The minimum absolute atomic E-state index is 0.201. The van der Waals surface area contributed by atoms with Crippen molar-refractivity contribution < 1.29 is 14.3 Å².